The zero-order valence-corrected chi connectivity index (χ0v) is 63.5. The van der Waals surface area contributed by atoms with Crippen LogP contribution in [0.5, 0.6) is 0 Å². The Labute approximate surface area is 676 Å². The molecule has 534 valence electrons. The van der Waals surface area contributed by atoms with Crippen molar-refractivity contribution < 1.29 is 0 Å². The summed E-state index contributed by atoms with van der Waals surface area (Å²) in [6.45, 7) is -0.374. The molecule has 0 radical (unpaired) electrons. The van der Waals surface area contributed by atoms with Gasteiger partial charge in [0.05, 0.1) is 11.4 Å². The second-order valence-electron chi connectivity index (χ2n) is 31.5. The zero-order chi connectivity index (χ0) is 76.1. The van der Waals surface area contributed by atoms with Gasteiger partial charge < -0.3 is 9.80 Å². The SMILES string of the molecule is c1ccc(-c2cc(-c3ccccc3)c(-c3cc4c5c(cc6c(-c7c(-c8ccccc8)cc(-c8ccccc8)cc7-c7ccccc7)cc7c8c(cc3c5c68)B3c5ccccc5N(c5ccccc5-c5ccccc5)c5cccc-7c53)B3c5ccccc5N(c5ccccc5-c5ccccc5)c5cccc-4c53)c(-c3ccccc3)c2)cc1. The molecule has 0 saturated carbocycles. The lowest BCUT2D eigenvalue weighted by atomic mass is 9.31. The van der Waals surface area contributed by atoms with Crippen molar-refractivity contribution >= 4 is 113 Å². The van der Waals surface area contributed by atoms with E-state index < -0.39 is 0 Å². The van der Waals surface area contributed by atoms with Gasteiger partial charge in [0.2, 0.25) is 13.4 Å². The van der Waals surface area contributed by atoms with Gasteiger partial charge >= 0.3 is 0 Å². The molecular formula is C112H70B2N2. The first kappa shape index (κ1) is 65.8. The van der Waals surface area contributed by atoms with E-state index >= 15 is 0 Å². The van der Waals surface area contributed by atoms with E-state index in [4.69, 9.17) is 0 Å². The first-order valence-electron chi connectivity index (χ1n) is 40.5. The highest BCUT2D eigenvalue weighted by Gasteiger charge is 2.47. The van der Waals surface area contributed by atoms with Gasteiger partial charge in [-0.2, -0.15) is 0 Å². The topological polar surface area (TPSA) is 6.48 Å². The quantitative estimate of drug-likeness (QED) is 0.0888. The molecule has 0 unspecified atom stereocenters. The van der Waals surface area contributed by atoms with Gasteiger partial charge in [0, 0.05) is 33.9 Å². The number of hydrogen-bond donors (Lipinski definition) is 0. The number of anilines is 6. The molecule has 2 nitrogen and oxygen atoms in total. The van der Waals surface area contributed by atoms with Crippen molar-refractivity contribution in [3.8, 4) is 134 Å². The average molecular weight is 1470 g/mol. The number of nitrogens with zero attached hydrogens (tertiary/aromatic N) is 2. The van der Waals surface area contributed by atoms with Gasteiger partial charge in [-0.3, -0.25) is 0 Å². The van der Waals surface area contributed by atoms with Crippen LogP contribution in [0, 0.1) is 0 Å². The normalized spacial score (nSPS) is 12.6. The lowest BCUT2D eigenvalue weighted by molar-refractivity contribution is 1.29. The summed E-state index contributed by atoms with van der Waals surface area (Å²) in [4.78, 5) is 5.19. The fraction of sp³-hybridized carbons (Fsp3) is 0. The number of fused-ring (bicyclic) bond motifs is 8. The predicted octanol–water partition coefficient (Wildman–Crippen LogP) is 25.8. The van der Waals surface area contributed by atoms with Gasteiger partial charge in [-0.1, -0.05) is 363 Å². The summed E-state index contributed by atoms with van der Waals surface area (Å²) in [6.07, 6.45) is 0. The van der Waals surface area contributed by atoms with Crippen LogP contribution in [-0.2, 0) is 0 Å². The number of hydrogen-bond acceptors (Lipinski definition) is 2. The van der Waals surface area contributed by atoms with E-state index in [1.165, 1.54) is 188 Å². The maximum Gasteiger partial charge on any atom is 0.248 e. The Balaban J connectivity index is 0.921. The average Bonchev–Trinajstić information content (AvgIpc) is 0.657. The Morgan fingerprint density at radius 3 is 0.733 bits per heavy atom. The zero-order valence-electron chi connectivity index (χ0n) is 63.5. The minimum absolute atomic E-state index is 0.187. The largest absolute Gasteiger partial charge is 0.311 e. The van der Waals surface area contributed by atoms with Crippen LogP contribution in [0.15, 0.2) is 425 Å². The third kappa shape index (κ3) is 10.00. The van der Waals surface area contributed by atoms with E-state index in [9.17, 15) is 0 Å². The van der Waals surface area contributed by atoms with E-state index in [0.717, 1.165) is 44.8 Å². The second-order valence-corrected chi connectivity index (χ2v) is 31.5. The van der Waals surface area contributed by atoms with Crippen molar-refractivity contribution in [1.82, 2.24) is 0 Å². The molecule has 0 saturated heterocycles. The van der Waals surface area contributed by atoms with Crippen LogP contribution in [0.3, 0.4) is 0 Å². The first-order chi connectivity index (χ1) is 57.6. The van der Waals surface area contributed by atoms with E-state index in [0.29, 0.717) is 0 Å². The van der Waals surface area contributed by atoms with Crippen molar-refractivity contribution in [2.75, 3.05) is 9.80 Å². The highest BCUT2D eigenvalue weighted by Crippen LogP contribution is 2.57. The van der Waals surface area contributed by atoms with Crippen LogP contribution in [0.4, 0.5) is 34.1 Å². The molecule has 0 fully saturated rings. The van der Waals surface area contributed by atoms with Crippen LogP contribution >= 0.6 is 0 Å². The fourth-order valence-electron chi connectivity index (χ4n) is 20.6. The highest BCUT2D eigenvalue weighted by molar-refractivity contribution is 7.02. The fourth-order valence-corrected chi connectivity index (χ4v) is 20.6. The minimum atomic E-state index is -0.187. The molecule has 0 N–H and O–H groups in total. The summed E-state index contributed by atoms with van der Waals surface area (Å²) in [5.41, 5.74) is 43.2. The van der Waals surface area contributed by atoms with Crippen molar-refractivity contribution in [2.45, 2.75) is 0 Å². The first-order valence-corrected chi connectivity index (χ1v) is 40.5. The van der Waals surface area contributed by atoms with E-state index in [-0.39, 0.29) is 13.4 Å². The highest BCUT2D eigenvalue weighted by atomic mass is 15.2. The molecule has 116 heavy (non-hydrogen) atoms. The molecule has 0 atom stereocenters. The minimum Gasteiger partial charge on any atom is -0.311 e. The molecular weight excluding hydrogens is 1390 g/mol. The van der Waals surface area contributed by atoms with Gasteiger partial charge in [-0.05, 0) is 249 Å². The Hall–Kier alpha value is -14.8. The van der Waals surface area contributed by atoms with Gasteiger partial charge in [-0.15, -0.1) is 0 Å². The summed E-state index contributed by atoms with van der Waals surface area (Å²) in [7, 11) is 0. The molecule has 20 aromatic carbocycles. The Bertz CT molecular complexity index is 6790. The molecule has 4 aliphatic heterocycles. The van der Waals surface area contributed by atoms with Gasteiger partial charge in [0.15, 0.2) is 0 Å². The second kappa shape index (κ2) is 26.4. The molecule has 0 aromatic heterocycles. The maximum atomic E-state index is 2.73. The van der Waals surface area contributed by atoms with Gasteiger partial charge in [0.25, 0.3) is 0 Å². The molecule has 0 aliphatic carbocycles. The third-order valence-corrected chi connectivity index (χ3v) is 25.4. The number of benzene rings is 20. The lowest BCUT2D eigenvalue weighted by Crippen LogP contribution is -2.60. The Morgan fingerprint density at radius 2 is 0.405 bits per heavy atom. The van der Waals surface area contributed by atoms with Crippen molar-refractivity contribution in [3.63, 3.8) is 0 Å². The van der Waals surface area contributed by atoms with Crippen molar-refractivity contribution in [1.29, 1.82) is 0 Å². The number of para-hydroxylation sites is 4. The Morgan fingerprint density at radius 1 is 0.147 bits per heavy atom. The van der Waals surface area contributed by atoms with E-state index in [1.807, 2.05) is 0 Å². The van der Waals surface area contributed by atoms with Gasteiger partial charge in [0.1, 0.15) is 0 Å². The Kier molecular flexibility index (Phi) is 15.0. The monoisotopic (exact) mass is 1460 g/mol. The van der Waals surface area contributed by atoms with E-state index in [2.05, 4.69) is 434 Å². The third-order valence-electron chi connectivity index (χ3n) is 25.4. The van der Waals surface area contributed by atoms with Crippen LogP contribution in [-0.4, -0.2) is 13.4 Å². The molecule has 0 bridgehead atoms. The molecule has 20 aromatic rings. The van der Waals surface area contributed by atoms with Crippen LogP contribution < -0.4 is 42.6 Å². The molecule has 4 aliphatic rings. The number of rotatable bonds is 12. The summed E-state index contributed by atoms with van der Waals surface area (Å²) in [5, 5.41) is 7.63. The lowest BCUT2D eigenvalue weighted by Gasteiger charge is -2.42. The smallest absolute Gasteiger partial charge is 0.248 e. The van der Waals surface area contributed by atoms with Crippen LogP contribution in [0.1, 0.15) is 0 Å². The molecule has 0 amide bonds. The standard InChI is InChI=1S/C112H70B2N2/c1-9-35-71(36-10-1)79-63-85(75-43-17-5-18-44-75)105(86(64-79)76-45-19-6-20-46-76)91-67-89-83-53-33-61-103-111(83)114(96-56-28-32-60-102(96)115(103)99-57-29-25-51-81(99)73-39-13-3-14-40-73)98-70-94-92(106-87(77-47-21-7-22-48-77)65-80(72-37-11-2-12-38-72)66-88(106)78-49-23-8-24-50-78)68-90-84-54-34-62-104-112(84)113(97-69-93(91)109(107(89)98)110(94)108(90)97)95-55-27-31-59-101(95)116(104)100-58-30-26-52-82(100)74-41-15-4-16-42-74/h1-70H. The van der Waals surface area contributed by atoms with Crippen molar-refractivity contribution in [3.05, 3.63) is 425 Å². The molecule has 24 rings (SSSR count). The van der Waals surface area contributed by atoms with Crippen molar-refractivity contribution in [2.24, 2.45) is 0 Å². The summed E-state index contributed by atoms with van der Waals surface area (Å²) < 4.78 is 0. The van der Waals surface area contributed by atoms with Gasteiger partial charge in [-0.25, -0.2) is 0 Å². The predicted molar refractivity (Wildman–Crippen MR) is 494 cm³/mol. The summed E-state index contributed by atoms with van der Waals surface area (Å²) in [6, 6.07) is 161. The summed E-state index contributed by atoms with van der Waals surface area (Å²) >= 11 is 0. The maximum absolute atomic E-state index is 2.73. The summed E-state index contributed by atoms with van der Waals surface area (Å²) in [5.74, 6) is 0. The molecule has 4 heteroatoms. The van der Waals surface area contributed by atoms with Crippen LogP contribution in [0.2, 0.25) is 0 Å². The van der Waals surface area contributed by atoms with Crippen LogP contribution in [0.25, 0.3) is 166 Å². The molecule has 4 heterocycles. The van der Waals surface area contributed by atoms with E-state index in [1.54, 1.807) is 0 Å². The molecule has 0 spiro atoms.